The van der Waals surface area contributed by atoms with E-state index in [4.69, 9.17) is 11.6 Å². The SMILES string of the molecule is C/C(=N\NC(=O)Cn1nc(C)c(Br)c1C)c1ccc(Cl)s1. The summed E-state index contributed by atoms with van der Waals surface area (Å²) in [7, 11) is 0. The Morgan fingerprint density at radius 3 is 2.76 bits per heavy atom. The van der Waals surface area contributed by atoms with Crippen LogP contribution in [0.15, 0.2) is 21.7 Å². The lowest BCUT2D eigenvalue weighted by molar-refractivity contribution is -0.121. The van der Waals surface area contributed by atoms with Crippen molar-refractivity contribution in [3.8, 4) is 0 Å². The first kappa shape index (κ1) is 16.2. The molecule has 5 nitrogen and oxygen atoms in total. The van der Waals surface area contributed by atoms with Crippen LogP contribution in [0.4, 0.5) is 0 Å². The minimum atomic E-state index is -0.227. The van der Waals surface area contributed by atoms with Gasteiger partial charge in [0.25, 0.3) is 5.91 Å². The smallest absolute Gasteiger partial charge is 0.261 e. The van der Waals surface area contributed by atoms with Crippen LogP contribution in [-0.4, -0.2) is 21.4 Å². The van der Waals surface area contributed by atoms with E-state index in [-0.39, 0.29) is 12.5 Å². The van der Waals surface area contributed by atoms with Crippen molar-refractivity contribution < 1.29 is 4.79 Å². The summed E-state index contributed by atoms with van der Waals surface area (Å²) in [5, 5.41) is 8.36. The molecular weight excluding hydrogens is 376 g/mol. The van der Waals surface area contributed by atoms with Gasteiger partial charge in [0.15, 0.2) is 0 Å². The van der Waals surface area contributed by atoms with Gasteiger partial charge in [-0.3, -0.25) is 9.48 Å². The van der Waals surface area contributed by atoms with E-state index in [0.717, 1.165) is 26.4 Å². The molecule has 2 rings (SSSR count). The van der Waals surface area contributed by atoms with Crippen LogP contribution in [0, 0.1) is 13.8 Å². The van der Waals surface area contributed by atoms with Gasteiger partial charge in [-0.25, -0.2) is 5.43 Å². The molecule has 21 heavy (non-hydrogen) atoms. The molecule has 0 aliphatic rings. The van der Waals surface area contributed by atoms with Gasteiger partial charge in [0.1, 0.15) is 6.54 Å². The normalized spacial score (nSPS) is 11.8. The van der Waals surface area contributed by atoms with Crippen LogP contribution in [-0.2, 0) is 11.3 Å². The molecule has 1 N–H and O–H groups in total. The molecule has 2 aromatic rings. The summed E-state index contributed by atoms with van der Waals surface area (Å²) in [6.07, 6.45) is 0. The van der Waals surface area contributed by atoms with Crippen LogP contribution in [0.5, 0.6) is 0 Å². The molecule has 112 valence electrons. The molecule has 1 amide bonds. The van der Waals surface area contributed by atoms with E-state index >= 15 is 0 Å². The molecule has 8 heteroatoms. The van der Waals surface area contributed by atoms with E-state index < -0.39 is 0 Å². The van der Waals surface area contributed by atoms with Crippen LogP contribution in [0.25, 0.3) is 0 Å². The van der Waals surface area contributed by atoms with Gasteiger partial charge in [0, 0.05) is 0 Å². The summed E-state index contributed by atoms with van der Waals surface area (Å²) in [5.41, 5.74) is 5.01. The number of nitrogens with one attached hydrogen (secondary N) is 1. The van der Waals surface area contributed by atoms with E-state index in [1.54, 1.807) is 10.7 Å². The fourth-order valence-corrected chi connectivity index (χ4v) is 2.98. The summed E-state index contributed by atoms with van der Waals surface area (Å²) in [6, 6.07) is 3.67. The maximum atomic E-state index is 11.9. The number of hydrazone groups is 1. The Hall–Kier alpha value is -1.18. The third kappa shape index (κ3) is 3.93. The van der Waals surface area contributed by atoms with Gasteiger partial charge >= 0.3 is 0 Å². The first-order chi connectivity index (χ1) is 9.88. The Kier molecular flexibility index (Phi) is 5.18. The monoisotopic (exact) mass is 388 g/mol. The number of carbonyl (C=O) groups is 1. The molecule has 0 fully saturated rings. The predicted octanol–water partition coefficient (Wildman–Crippen LogP) is 3.52. The zero-order valence-corrected chi connectivity index (χ0v) is 14.9. The number of thiophene rings is 1. The van der Waals surface area contributed by atoms with Crippen molar-refractivity contribution in [3.63, 3.8) is 0 Å². The van der Waals surface area contributed by atoms with Gasteiger partial charge in [-0.15, -0.1) is 11.3 Å². The lowest BCUT2D eigenvalue weighted by Gasteiger charge is -2.04. The lowest BCUT2D eigenvalue weighted by Crippen LogP contribution is -2.25. The average molecular weight is 390 g/mol. The number of amides is 1. The maximum Gasteiger partial charge on any atom is 0.261 e. The molecule has 0 aliphatic carbocycles. The number of carbonyl (C=O) groups excluding carboxylic acids is 1. The van der Waals surface area contributed by atoms with Crippen molar-refractivity contribution in [2.24, 2.45) is 5.10 Å². The average Bonchev–Trinajstić information content (AvgIpc) is 2.97. The van der Waals surface area contributed by atoms with Crippen molar-refractivity contribution in [2.75, 3.05) is 0 Å². The second kappa shape index (κ2) is 6.72. The number of hydrogen-bond donors (Lipinski definition) is 1. The molecule has 2 heterocycles. The van der Waals surface area contributed by atoms with Crippen LogP contribution in [0.1, 0.15) is 23.2 Å². The van der Waals surface area contributed by atoms with Crippen LogP contribution in [0.3, 0.4) is 0 Å². The topological polar surface area (TPSA) is 59.3 Å². The van der Waals surface area contributed by atoms with E-state index in [1.165, 1.54) is 11.3 Å². The molecular formula is C13H14BrClN4OS. The lowest BCUT2D eigenvalue weighted by atomic mass is 10.3. The number of hydrogen-bond acceptors (Lipinski definition) is 4. The van der Waals surface area contributed by atoms with Crippen LogP contribution in [0.2, 0.25) is 4.34 Å². The number of aryl methyl sites for hydroxylation is 1. The molecule has 0 aromatic carbocycles. The van der Waals surface area contributed by atoms with E-state index in [9.17, 15) is 4.79 Å². The number of halogens is 2. The van der Waals surface area contributed by atoms with E-state index in [0.29, 0.717) is 4.34 Å². The fraction of sp³-hybridized carbons (Fsp3) is 0.308. The second-order valence-corrected chi connectivity index (χ2v) is 6.99. The fourth-order valence-electron chi connectivity index (χ4n) is 1.71. The molecule has 0 aliphatic heterocycles. The van der Waals surface area contributed by atoms with E-state index in [1.807, 2.05) is 26.8 Å². The Bertz CT molecular complexity index is 707. The highest BCUT2D eigenvalue weighted by atomic mass is 79.9. The predicted molar refractivity (Wildman–Crippen MR) is 89.1 cm³/mol. The van der Waals surface area contributed by atoms with Crippen molar-refractivity contribution >= 4 is 50.5 Å². The quantitative estimate of drug-likeness (QED) is 0.642. The van der Waals surface area contributed by atoms with Gasteiger partial charge in [0.2, 0.25) is 0 Å². The standard InChI is InChI=1S/C13H14BrClN4OS/c1-7(10-4-5-11(15)21-10)16-17-12(20)6-19-9(3)13(14)8(2)18-19/h4-5H,6H2,1-3H3,(H,17,20)/b16-7+. The minimum Gasteiger partial charge on any atom is -0.271 e. The maximum absolute atomic E-state index is 11.9. The summed E-state index contributed by atoms with van der Waals surface area (Å²) in [5.74, 6) is -0.227. The van der Waals surface area contributed by atoms with Crippen LogP contribution < -0.4 is 5.43 Å². The highest BCUT2D eigenvalue weighted by molar-refractivity contribution is 9.10. The van der Waals surface area contributed by atoms with Crippen LogP contribution >= 0.6 is 38.9 Å². The van der Waals surface area contributed by atoms with E-state index in [2.05, 4.69) is 31.6 Å². The summed E-state index contributed by atoms with van der Waals surface area (Å²) >= 11 is 10.7. The van der Waals surface area contributed by atoms with Crippen molar-refractivity contribution in [2.45, 2.75) is 27.3 Å². The van der Waals surface area contributed by atoms with Crippen molar-refractivity contribution in [1.82, 2.24) is 15.2 Å². The molecule has 0 saturated heterocycles. The number of nitrogens with zero attached hydrogens (tertiary/aromatic N) is 3. The molecule has 2 aromatic heterocycles. The number of aromatic nitrogens is 2. The third-order valence-electron chi connectivity index (χ3n) is 2.86. The van der Waals surface area contributed by atoms with Gasteiger partial charge in [-0.2, -0.15) is 10.2 Å². The van der Waals surface area contributed by atoms with Gasteiger partial charge in [-0.05, 0) is 48.8 Å². The zero-order chi connectivity index (χ0) is 15.6. The van der Waals surface area contributed by atoms with Gasteiger partial charge in [0.05, 0.1) is 30.8 Å². The third-order valence-corrected chi connectivity index (χ3v) is 5.35. The zero-order valence-electron chi connectivity index (χ0n) is 11.8. The Morgan fingerprint density at radius 2 is 2.24 bits per heavy atom. The highest BCUT2D eigenvalue weighted by Crippen LogP contribution is 2.22. The second-order valence-electron chi connectivity index (χ2n) is 4.48. The first-order valence-corrected chi connectivity index (χ1v) is 8.15. The number of rotatable bonds is 4. The Morgan fingerprint density at radius 1 is 1.52 bits per heavy atom. The molecule has 0 atom stereocenters. The molecule has 0 saturated carbocycles. The Labute approximate surface area is 140 Å². The van der Waals surface area contributed by atoms with Crippen molar-refractivity contribution in [1.29, 1.82) is 0 Å². The summed E-state index contributed by atoms with van der Waals surface area (Å²) < 4.78 is 3.25. The van der Waals surface area contributed by atoms with Gasteiger partial charge in [-0.1, -0.05) is 11.6 Å². The largest absolute Gasteiger partial charge is 0.271 e. The molecule has 0 bridgehead atoms. The minimum absolute atomic E-state index is 0.125. The van der Waals surface area contributed by atoms with Crippen molar-refractivity contribution in [3.05, 3.63) is 37.2 Å². The molecule has 0 radical (unpaired) electrons. The first-order valence-electron chi connectivity index (χ1n) is 6.17. The summed E-state index contributed by atoms with van der Waals surface area (Å²) in [6.45, 7) is 5.73. The summed E-state index contributed by atoms with van der Waals surface area (Å²) in [4.78, 5) is 12.8. The van der Waals surface area contributed by atoms with Gasteiger partial charge < -0.3 is 0 Å². The Balaban J connectivity index is 2.00. The molecule has 0 unspecified atom stereocenters. The highest BCUT2D eigenvalue weighted by Gasteiger charge is 2.11. The molecule has 0 spiro atoms.